The van der Waals surface area contributed by atoms with Gasteiger partial charge >= 0.3 is 12.2 Å². The van der Waals surface area contributed by atoms with Crippen LogP contribution in [0, 0.1) is 0 Å². The minimum atomic E-state index is -4.64. The molecule has 0 aliphatic heterocycles. The number of halogens is 4. The van der Waals surface area contributed by atoms with Crippen LogP contribution in [0.1, 0.15) is 5.56 Å². The molecule has 0 aliphatic rings. The topological polar surface area (TPSA) is 70.2 Å². The summed E-state index contributed by atoms with van der Waals surface area (Å²) in [4.78, 5) is 24.9. The average molecular weight is 480 g/mol. The Morgan fingerprint density at radius 3 is 2.09 bits per heavy atom. The minimum absolute atomic E-state index is 0.0733. The molecule has 0 saturated heterocycles. The number of hydrogen-bond acceptors (Lipinski definition) is 3. The van der Waals surface area contributed by atoms with Crippen LogP contribution in [0.4, 0.5) is 35.0 Å². The number of nitrogens with one attached hydrogen (secondary N) is 3. The van der Waals surface area contributed by atoms with Gasteiger partial charge in [-0.05, 0) is 54.6 Å². The highest BCUT2D eigenvalue weighted by Crippen LogP contribution is 2.36. The Bertz CT molecular complexity index is 1090. The Labute approximate surface area is 191 Å². The van der Waals surface area contributed by atoms with E-state index in [4.69, 9.17) is 11.6 Å². The molecule has 0 unspecified atom stereocenters. The van der Waals surface area contributed by atoms with Crippen molar-refractivity contribution in [3.8, 4) is 0 Å². The van der Waals surface area contributed by atoms with E-state index in [0.717, 1.165) is 23.9 Å². The first-order chi connectivity index (χ1) is 15.2. The number of benzene rings is 3. The monoisotopic (exact) mass is 479 g/mol. The fourth-order valence-corrected chi connectivity index (χ4v) is 3.52. The zero-order chi connectivity index (χ0) is 23.1. The lowest BCUT2D eigenvalue weighted by atomic mass is 10.1. The van der Waals surface area contributed by atoms with Gasteiger partial charge in [-0.1, -0.05) is 29.8 Å². The standard InChI is InChI=1S/C22H17ClF3N3O2S/c23-14-6-11-19(18(12-14)22(24,25)26)29-20(30)13-32-17-9-7-16(8-10-17)28-21(31)27-15-4-2-1-3-5-15/h1-12H,13H2,(H,29,30)(H2,27,28,31). The van der Waals surface area contributed by atoms with Crippen molar-refractivity contribution in [3.63, 3.8) is 0 Å². The highest BCUT2D eigenvalue weighted by Gasteiger charge is 2.34. The molecular formula is C22H17ClF3N3O2S. The van der Waals surface area contributed by atoms with E-state index in [2.05, 4.69) is 16.0 Å². The summed E-state index contributed by atoms with van der Waals surface area (Å²) in [6.07, 6.45) is -4.64. The van der Waals surface area contributed by atoms with Crippen LogP contribution in [0.25, 0.3) is 0 Å². The number of rotatable bonds is 6. The highest BCUT2D eigenvalue weighted by atomic mass is 35.5. The zero-order valence-electron chi connectivity index (χ0n) is 16.4. The summed E-state index contributed by atoms with van der Waals surface area (Å²) in [5, 5.41) is 7.57. The van der Waals surface area contributed by atoms with Gasteiger partial charge in [-0.25, -0.2) is 4.79 Å². The molecule has 0 atom stereocenters. The van der Waals surface area contributed by atoms with Crippen molar-refractivity contribution >= 4 is 52.4 Å². The van der Waals surface area contributed by atoms with Crippen LogP contribution in [0.5, 0.6) is 0 Å². The molecule has 0 aromatic heterocycles. The van der Waals surface area contributed by atoms with Crippen LogP contribution < -0.4 is 16.0 Å². The zero-order valence-corrected chi connectivity index (χ0v) is 17.9. The maximum absolute atomic E-state index is 13.1. The largest absolute Gasteiger partial charge is 0.418 e. The van der Waals surface area contributed by atoms with Gasteiger partial charge in [0.25, 0.3) is 0 Å². The van der Waals surface area contributed by atoms with Crippen LogP contribution >= 0.6 is 23.4 Å². The van der Waals surface area contributed by atoms with Crippen LogP contribution in [0.3, 0.4) is 0 Å². The van der Waals surface area contributed by atoms with Gasteiger partial charge in [-0.3, -0.25) is 4.79 Å². The predicted octanol–water partition coefficient (Wildman–Crippen LogP) is 6.73. The Balaban J connectivity index is 1.52. The molecule has 3 aromatic rings. The van der Waals surface area contributed by atoms with E-state index in [9.17, 15) is 22.8 Å². The maximum atomic E-state index is 13.1. The van der Waals surface area contributed by atoms with Crippen molar-refractivity contribution in [2.75, 3.05) is 21.7 Å². The average Bonchev–Trinajstić information content (AvgIpc) is 2.74. The van der Waals surface area contributed by atoms with Crippen molar-refractivity contribution < 1.29 is 22.8 Å². The first-order valence-corrected chi connectivity index (χ1v) is 10.6. The van der Waals surface area contributed by atoms with Crippen LogP contribution in [-0.4, -0.2) is 17.7 Å². The molecular weight excluding hydrogens is 463 g/mol. The first kappa shape index (κ1) is 23.5. The minimum Gasteiger partial charge on any atom is -0.325 e. The summed E-state index contributed by atoms with van der Waals surface area (Å²) in [5.74, 6) is -0.687. The molecule has 0 fully saturated rings. The van der Waals surface area contributed by atoms with Crippen molar-refractivity contribution in [2.24, 2.45) is 0 Å². The molecule has 3 rings (SSSR count). The Hall–Kier alpha value is -3.17. The number of alkyl halides is 3. The summed E-state index contributed by atoms with van der Waals surface area (Å²) >= 11 is 6.79. The lowest BCUT2D eigenvalue weighted by Gasteiger charge is -2.14. The summed E-state index contributed by atoms with van der Waals surface area (Å²) in [6, 6.07) is 18.4. The number of thioether (sulfide) groups is 1. The van der Waals surface area contributed by atoms with Gasteiger partial charge < -0.3 is 16.0 Å². The van der Waals surface area contributed by atoms with Crippen LogP contribution in [-0.2, 0) is 11.0 Å². The fraction of sp³-hybridized carbons (Fsp3) is 0.0909. The van der Waals surface area contributed by atoms with E-state index < -0.39 is 23.7 Å². The fourth-order valence-electron chi connectivity index (χ4n) is 2.64. The third-order valence-electron chi connectivity index (χ3n) is 4.07. The van der Waals surface area contributed by atoms with E-state index in [-0.39, 0.29) is 16.5 Å². The molecule has 10 heteroatoms. The predicted molar refractivity (Wildman–Crippen MR) is 121 cm³/mol. The smallest absolute Gasteiger partial charge is 0.325 e. The van der Waals surface area contributed by atoms with E-state index >= 15 is 0 Å². The number of amides is 3. The molecule has 3 amide bonds. The number of carbonyl (C=O) groups is 2. The number of para-hydroxylation sites is 1. The number of carbonyl (C=O) groups excluding carboxylic acids is 2. The summed E-state index contributed by atoms with van der Waals surface area (Å²) in [5.41, 5.74) is -0.162. The van der Waals surface area contributed by atoms with E-state index in [0.29, 0.717) is 16.3 Å². The van der Waals surface area contributed by atoms with Gasteiger partial charge in [0, 0.05) is 21.3 Å². The lowest BCUT2D eigenvalue weighted by Crippen LogP contribution is -2.19. The quantitative estimate of drug-likeness (QED) is 0.343. The number of hydrogen-bond donors (Lipinski definition) is 3. The second-order valence-electron chi connectivity index (χ2n) is 6.49. The van der Waals surface area contributed by atoms with Gasteiger partial charge in [0.05, 0.1) is 17.0 Å². The van der Waals surface area contributed by atoms with Gasteiger partial charge in [0.15, 0.2) is 0 Å². The second kappa shape index (κ2) is 10.4. The molecule has 5 nitrogen and oxygen atoms in total. The van der Waals surface area contributed by atoms with Crippen molar-refractivity contribution in [2.45, 2.75) is 11.1 Å². The molecule has 0 bridgehead atoms. The lowest BCUT2D eigenvalue weighted by molar-refractivity contribution is -0.137. The number of anilines is 3. The summed E-state index contributed by atoms with van der Waals surface area (Å²) in [6.45, 7) is 0. The van der Waals surface area contributed by atoms with Crippen LogP contribution in [0.2, 0.25) is 5.02 Å². The van der Waals surface area contributed by atoms with Gasteiger partial charge in [-0.15, -0.1) is 11.8 Å². The molecule has 3 aromatic carbocycles. The van der Waals surface area contributed by atoms with E-state index in [1.807, 2.05) is 6.07 Å². The first-order valence-electron chi connectivity index (χ1n) is 9.23. The third kappa shape index (κ3) is 6.93. The molecule has 0 aliphatic carbocycles. The van der Waals surface area contributed by atoms with Crippen molar-refractivity contribution in [1.82, 2.24) is 0 Å². The third-order valence-corrected chi connectivity index (χ3v) is 5.32. The summed E-state index contributed by atoms with van der Waals surface area (Å²) < 4.78 is 39.4. The van der Waals surface area contributed by atoms with Gasteiger partial charge in [0.2, 0.25) is 5.91 Å². The van der Waals surface area contributed by atoms with E-state index in [1.54, 1.807) is 48.5 Å². The van der Waals surface area contributed by atoms with Crippen LogP contribution in [0.15, 0.2) is 77.7 Å². The second-order valence-corrected chi connectivity index (χ2v) is 7.98. The Kier molecular flexibility index (Phi) is 7.66. The Morgan fingerprint density at radius 1 is 0.844 bits per heavy atom. The molecule has 0 saturated carbocycles. The number of urea groups is 1. The van der Waals surface area contributed by atoms with Crippen molar-refractivity contribution in [3.05, 3.63) is 83.4 Å². The SMILES string of the molecule is O=C(CSc1ccc(NC(=O)Nc2ccccc2)cc1)Nc1ccc(Cl)cc1C(F)(F)F. The van der Waals surface area contributed by atoms with Crippen molar-refractivity contribution in [1.29, 1.82) is 0 Å². The maximum Gasteiger partial charge on any atom is 0.418 e. The van der Waals surface area contributed by atoms with Gasteiger partial charge in [0.1, 0.15) is 0 Å². The molecule has 0 radical (unpaired) electrons. The summed E-state index contributed by atoms with van der Waals surface area (Å²) in [7, 11) is 0. The molecule has 32 heavy (non-hydrogen) atoms. The Morgan fingerprint density at radius 2 is 1.47 bits per heavy atom. The van der Waals surface area contributed by atoms with Gasteiger partial charge in [-0.2, -0.15) is 13.2 Å². The molecule has 166 valence electrons. The van der Waals surface area contributed by atoms with E-state index in [1.165, 1.54) is 6.07 Å². The molecule has 3 N–H and O–H groups in total. The normalized spacial score (nSPS) is 11.0. The molecule has 0 spiro atoms. The highest BCUT2D eigenvalue weighted by molar-refractivity contribution is 8.00. The molecule has 0 heterocycles.